The van der Waals surface area contributed by atoms with E-state index in [0.29, 0.717) is 16.6 Å². The van der Waals surface area contributed by atoms with E-state index in [1.807, 2.05) is 24.8 Å². The van der Waals surface area contributed by atoms with Crippen LogP contribution in [0.25, 0.3) is 0 Å². The lowest BCUT2D eigenvalue weighted by Gasteiger charge is -2.27. The number of ketones is 1. The number of carbonyl (C=O) groups is 1. The summed E-state index contributed by atoms with van der Waals surface area (Å²) in [5.74, 6) is 2.65. The van der Waals surface area contributed by atoms with Crippen molar-refractivity contribution in [1.29, 1.82) is 0 Å². The molecule has 1 saturated heterocycles. The molecule has 1 aromatic rings. The lowest BCUT2D eigenvalue weighted by molar-refractivity contribution is 0.0989. The highest BCUT2D eigenvalue weighted by Gasteiger charge is 2.31. The summed E-state index contributed by atoms with van der Waals surface area (Å²) >= 11 is 3.60. The molecular weight excluding hydrogens is 252 g/mol. The van der Waals surface area contributed by atoms with Gasteiger partial charge in [0.15, 0.2) is 5.78 Å². The standard InChI is InChI=1S/C12H16N2OS2/c1-7-3-4-14-12(13)9(7)10(15)11-8(2)16-5-6-17-11/h3-4,8,11H,5-6H2,1-2H3,(H2,13,14). The van der Waals surface area contributed by atoms with E-state index in [1.54, 1.807) is 18.0 Å². The van der Waals surface area contributed by atoms with Crippen molar-refractivity contribution in [3.05, 3.63) is 23.4 Å². The highest BCUT2D eigenvalue weighted by molar-refractivity contribution is 8.07. The van der Waals surface area contributed by atoms with Gasteiger partial charge in [0.2, 0.25) is 0 Å². The summed E-state index contributed by atoms with van der Waals surface area (Å²) in [4.78, 5) is 16.5. The molecule has 0 radical (unpaired) electrons. The fourth-order valence-corrected chi connectivity index (χ4v) is 4.67. The van der Waals surface area contributed by atoms with Gasteiger partial charge in [-0.1, -0.05) is 6.92 Å². The molecule has 1 aliphatic heterocycles. The van der Waals surface area contributed by atoms with E-state index in [0.717, 1.165) is 17.1 Å². The Morgan fingerprint density at radius 1 is 1.47 bits per heavy atom. The van der Waals surface area contributed by atoms with Gasteiger partial charge in [0.05, 0.1) is 10.8 Å². The molecule has 2 rings (SSSR count). The van der Waals surface area contributed by atoms with Crippen molar-refractivity contribution < 1.29 is 4.79 Å². The zero-order chi connectivity index (χ0) is 12.4. The zero-order valence-electron chi connectivity index (χ0n) is 9.97. The molecular formula is C12H16N2OS2. The number of carbonyl (C=O) groups excluding carboxylic acids is 1. The number of anilines is 1. The molecule has 2 atom stereocenters. The molecule has 0 amide bonds. The minimum Gasteiger partial charge on any atom is -0.383 e. The normalized spacial score (nSPS) is 24.6. The molecule has 0 aromatic carbocycles. The molecule has 2 N–H and O–H groups in total. The summed E-state index contributed by atoms with van der Waals surface area (Å²) in [6.45, 7) is 4.03. The average Bonchev–Trinajstić information content (AvgIpc) is 2.29. The monoisotopic (exact) mass is 268 g/mol. The van der Waals surface area contributed by atoms with E-state index < -0.39 is 0 Å². The first-order valence-corrected chi connectivity index (χ1v) is 7.69. The van der Waals surface area contributed by atoms with E-state index in [9.17, 15) is 4.79 Å². The van der Waals surface area contributed by atoms with E-state index in [-0.39, 0.29) is 11.0 Å². The van der Waals surface area contributed by atoms with Crippen LogP contribution >= 0.6 is 23.5 Å². The lowest BCUT2D eigenvalue weighted by atomic mass is 10.0. The minimum atomic E-state index is 0.0129. The third-order valence-corrected chi connectivity index (χ3v) is 5.97. The van der Waals surface area contributed by atoms with Crippen LogP contribution < -0.4 is 5.73 Å². The Bertz CT molecular complexity index is 416. The second kappa shape index (κ2) is 5.31. The summed E-state index contributed by atoms with van der Waals surface area (Å²) in [5.41, 5.74) is 7.36. The number of hydrogen-bond donors (Lipinski definition) is 1. The van der Waals surface area contributed by atoms with Crippen LogP contribution in [0.2, 0.25) is 0 Å². The Labute approximate surface area is 110 Å². The molecule has 2 unspecified atom stereocenters. The number of nitrogen functional groups attached to an aromatic ring is 1. The number of nitrogens with two attached hydrogens (primary N) is 1. The van der Waals surface area contributed by atoms with Crippen LogP contribution in [0.3, 0.4) is 0 Å². The molecule has 1 aromatic heterocycles. The molecule has 1 aliphatic rings. The molecule has 1 fully saturated rings. The number of thioether (sulfide) groups is 2. The lowest BCUT2D eigenvalue weighted by Crippen LogP contribution is -2.32. The summed E-state index contributed by atoms with van der Waals surface area (Å²) in [6.07, 6.45) is 1.65. The van der Waals surface area contributed by atoms with Crippen molar-refractivity contribution in [3.63, 3.8) is 0 Å². The summed E-state index contributed by atoms with van der Waals surface area (Å²) < 4.78 is 0. The predicted octanol–water partition coefficient (Wildman–Crippen LogP) is 2.39. The highest BCUT2D eigenvalue weighted by atomic mass is 32.2. The van der Waals surface area contributed by atoms with Crippen LogP contribution in [-0.4, -0.2) is 32.8 Å². The van der Waals surface area contributed by atoms with Crippen molar-refractivity contribution in [2.75, 3.05) is 17.2 Å². The second-order valence-corrected chi connectivity index (χ2v) is 6.85. The van der Waals surface area contributed by atoms with Crippen LogP contribution in [-0.2, 0) is 0 Å². The van der Waals surface area contributed by atoms with E-state index in [4.69, 9.17) is 5.73 Å². The summed E-state index contributed by atoms with van der Waals surface area (Å²) in [6, 6.07) is 1.84. The first kappa shape index (κ1) is 12.8. The Kier molecular flexibility index (Phi) is 3.99. The topological polar surface area (TPSA) is 56.0 Å². The molecule has 5 heteroatoms. The molecule has 2 heterocycles. The van der Waals surface area contributed by atoms with Crippen LogP contribution in [0.4, 0.5) is 5.82 Å². The van der Waals surface area contributed by atoms with Gasteiger partial charge < -0.3 is 5.73 Å². The molecule has 17 heavy (non-hydrogen) atoms. The van der Waals surface area contributed by atoms with Gasteiger partial charge in [0, 0.05) is 23.0 Å². The third-order valence-electron chi connectivity index (χ3n) is 2.88. The molecule has 0 bridgehead atoms. The average molecular weight is 268 g/mol. The third kappa shape index (κ3) is 2.60. The van der Waals surface area contributed by atoms with Crippen LogP contribution in [0.5, 0.6) is 0 Å². The van der Waals surface area contributed by atoms with Crippen molar-refractivity contribution in [1.82, 2.24) is 4.98 Å². The SMILES string of the molecule is Cc1ccnc(N)c1C(=O)C1SCCSC1C. The van der Waals surface area contributed by atoms with E-state index >= 15 is 0 Å². The number of aryl methyl sites for hydroxylation is 1. The van der Waals surface area contributed by atoms with Crippen LogP contribution in [0, 0.1) is 6.92 Å². The smallest absolute Gasteiger partial charge is 0.180 e. The molecule has 92 valence electrons. The zero-order valence-corrected chi connectivity index (χ0v) is 11.6. The number of nitrogens with zero attached hydrogens (tertiary/aromatic N) is 1. The van der Waals surface area contributed by atoms with Crippen LogP contribution in [0.15, 0.2) is 12.3 Å². The number of hydrogen-bond acceptors (Lipinski definition) is 5. The van der Waals surface area contributed by atoms with Gasteiger partial charge in [-0.3, -0.25) is 4.79 Å². The first-order valence-electron chi connectivity index (χ1n) is 5.59. The molecule has 0 spiro atoms. The number of Topliss-reactive ketones (excluding diaryl/α,β-unsaturated/α-hetero) is 1. The van der Waals surface area contributed by atoms with Gasteiger partial charge in [-0.2, -0.15) is 11.8 Å². The van der Waals surface area contributed by atoms with Crippen molar-refractivity contribution in [2.45, 2.75) is 24.3 Å². The van der Waals surface area contributed by atoms with Crippen molar-refractivity contribution >= 4 is 35.1 Å². The number of pyridine rings is 1. The second-order valence-electron chi connectivity index (χ2n) is 4.12. The van der Waals surface area contributed by atoms with Gasteiger partial charge in [-0.25, -0.2) is 4.98 Å². The predicted molar refractivity (Wildman–Crippen MR) is 75.9 cm³/mol. The summed E-state index contributed by atoms with van der Waals surface area (Å²) in [5, 5.41) is 0.360. The summed E-state index contributed by atoms with van der Waals surface area (Å²) in [7, 11) is 0. The molecule has 3 nitrogen and oxygen atoms in total. The molecule has 0 saturated carbocycles. The largest absolute Gasteiger partial charge is 0.383 e. The number of aromatic nitrogens is 1. The highest BCUT2D eigenvalue weighted by Crippen LogP contribution is 2.34. The maximum absolute atomic E-state index is 12.5. The first-order chi connectivity index (χ1) is 8.11. The Morgan fingerprint density at radius 2 is 2.18 bits per heavy atom. The Hall–Kier alpha value is -0.680. The van der Waals surface area contributed by atoms with Gasteiger partial charge in [-0.15, -0.1) is 11.8 Å². The minimum absolute atomic E-state index is 0.0129. The Balaban J connectivity index is 2.30. The maximum atomic E-state index is 12.5. The fraction of sp³-hybridized carbons (Fsp3) is 0.500. The van der Waals surface area contributed by atoms with Crippen molar-refractivity contribution in [3.8, 4) is 0 Å². The van der Waals surface area contributed by atoms with E-state index in [1.165, 1.54) is 0 Å². The van der Waals surface area contributed by atoms with Gasteiger partial charge in [-0.05, 0) is 18.6 Å². The van der Waals surface area contributed by atoms with Gasteiger partial charge >= 0.3 is 0 Å². The van der Waals surface area contributed by atoms with Crippen LogP contribution in [0.1, 0.15) is 22.8 Å². The fourth-order valence-electron chi connectivity index (χ4n) is 1.96. The van der Waals surface area contributed by atoms with E-state index in [2.05, 4.69) is 11.9 Å². The van der Waals surface area contributed by atoms with Gasteiger partial charge in [0.1, 0.15) is 5.82 Å². The van der Waals surface area contributed by atoms with Gasteiger partial charge in [0.25, 0.3) is 0 Å². The Morgan fingerprint density at radius 3 is 2.82 bits per heavy atom. The quantitative estimate of drug-likeness (QED) is 0.835. The van der Waals surface area contributed by atoms with Crippen molar-refractivity contribution in [2.24, 2.45) is 0 Å². The number of rotatable bonds is 2. The molecule has 0 aliphatic carbocycles. The maximum Gasteiger partial charge on any atom is 0.180 e.